The van der Waals surface area contributed by atoms with E-state index in [4.69, 9.17) is 4.74 Å². The first-order valence-corrected chi connectivity index (χ1v) is 12.9. The van der Waals surface area contributed by atoms with Crippen LogP contribution in [0.3, 0.4) is 0 Å². The molecule has 0 unspecified atom stereocenters. The monoisotopic (exact) mass is 489 g/mol. The molecule has 3 aromatic rings. The first kappa shape index (κ1) is 23.3. The number of hydrogen-bond donors (Lipinski definition) is 1. The van der Waals surface area contributed by atoms with Crippen LogP contribution in [0.2, 0.25) is 0 Å². The van der Waals surface area contributed by atoms with Gasteiger partial charge in [0.15, 0.2) is 0 Å². The number of piperidine rings is 1. The Morgan fingerprint density at radius 1 is 1.15 bits per heavy atom. The maximum atomic E-state index is 13.1. The molecular weight excluding hydrogens is 465 g/mol. The number of ether oxygens (including phenoxy) is 1. The molecule has 2 heterocycles. The van der Waals surface area contributed by atoms with Gasteiger partial charge in [0.2, 0.25) is 15.9 Å². The summed E-state index contributed by atoms with van der Waals surface area (Å²) in [5.74, 6) is -0.309. The summed E-state index contributed by atoms with van der Waals surface area (Å²) in [5, 5.41) is 5.21. The average molecular weight is 490 g/mol. The van der Waals surface area contributed by atoms with Crippen LogP contribution in [0.25, 0.3) is 10.6 Å². The highest BCUT2D eigenvalue weighted by molar-refractivity contribution is 7.89. The highest BCUT2D eigenvalue weighted by Gasteiger charge is 2.27. The molecule has 174 valence electrons. The van der Waals surface area contributed by atoms with Gasteiger partial charge in [0, 0.05) is 24.0 Å². The molecule has 1 aliphatic heterocycles. The van der Waals surface area contributed by atoms with Gasteiger partial charge < -0.3 is 10.1 Å². The van der Waals surface area contributed by atoms with E-state index in [-0.39, 0.29) is 28.7 Å². The molecule has 0 bridgehead atoms. The SMILES string of the molecule is COc1ccc(S(=O)(=O)N2CCCCC2)cc1NC(=O)Cc1csc(-c2ccc(F)cc2)n1. The minimum absolute atomic E-state index is 0.00392. The lowest BCUT2D eigenvalue weighted by atomic mass is 10.2. The largest absolute Gasteiger partial charge is 0.495 e. The van der Waals surface area contributed by atoms with Crippen molar-refractivity contribution >= 4 is 33.0 Å². The van der Waals surface area contributed by atoms with E-state index in [9.17, 15) is 17.6 Å². The second-order valence-electron chi connectivity index (χ2n) is 7.70. The third-order valence-corrected chi connectivity index (χ3v) is 8.22. The van der Waals surface area contributed by atoms with Crippen LogP contribution in [0.4, 0.5) is 10.1 Å². The Balaban J connectivity index is 1.49. The Hall–Kier alpha value is -2.82. The maximum Gasteiger partial charge on any atom is 0.243 e. The number of sulfonamides is 1. The lowest BCUT2D eigenvalue weighted by Crippen LogP contribution is -2.35. The summed E-state index contributed by atoms with van der Waals surface area (Å²) < 4.78 is 46.0. The Labute approximate surface area is 196 Å². The zero-order valence-corrected chi connectivity index (χ0v) is 19.7. The van der Waals surface area contributed by atoms with Crippen LogP contribution >= 0.6 is 11.3 Å². The molecule has 1 saturated heterocycles. The topological polar surface area (TPSA) is 88.6 Å². The van der Waals surface area contributed by atoms with E-state index in [0.717, 1.165) is 24.8 Å². The van der Waals surface area contributed by atoms with Gasteiger partial charge in [-0.05, 0) is 55.3 Å². The quantitative estimate of drug-likeness (QED) is 0.534. The van der Waals surface area contributed by atoms with E-state index in [1.807, 2.05) is 0 Å². The van der Waals surface area contributed by atoms with Crippen LogP contribution in [-0.2, 0) is 21.2 Å². The smallest absolute Gasteiger partial charge is 0.243 e. The molecule has 1 N–H and O–H groups in total. The molecule has 1 aromatic heterocycles. The van der Waals surface area contributed by atoms with Gasteiger partial charge in [-0.3, -0.25) is 4.79 Å². The van der Waals surface area contributed by atoms with Crippen molar-refractivity contribution in [1.82, 2.24) is 9.29 Å². The third-order valence-electron chi connectivity index (χ3n) is 5.38. The number of anilines is 1. The summed E-state index contributed by atoms with van der Waals surface area (Å²) in [4.78, 5) is 17.3. The second kappa shape index (κ2) is 9.98. The third kappa shape index (κ3) is 5.40. The normalized spacial score (nSPS) is 14.7. The summed E-state index contributed by atoms with van der Waals surface area (Å²) in [7, 11) is -2.19. The fourth-order valence-electron chi connectivity index (χ4n) is 3.67. The van der Waals surface area contributed by atoms with Crippen LogP contribution in [-0.4, -0.2) is 43.8 Å². The number of hydrogen-bond acceptors (Lipinski definition) is 6. The Kier molecular flexibility index (Phi) is 7.06. The van der Waals surface area contributed by atoms with Gasteiger partial charge in [0.1, 0.15) is 16.6 Å². The van der Waals surface area contributed by atoms with E-state index in [0.29, 0.717) is 29.5 Å². The lowest BCUT2D eigenvalue weighted by molar-refractivity contribution is -0.115. The average Bonchev–Trinajstić information content (AvgIpc) is 3.28. The van der Waals surface area contributed by atoms with E-state index in [2.05, 4.69) is 10.3 Å². The summed E-state index contributed by atoms with van der Waals surface area (Å²) >= 11 is 1.36. The number of thiazole rings is 1. The van der Waals surface area contributed by atoms with Crippen molar-refractivity contribution in [1.29, 1.82) is 0 Å². The maximum absolute atomic E-state index is 13.1. The first-order chi connectivity index (χ1) is 15.9. The minimum Gasteiger partial charge on any atom is -0.495 e. The number of benzene rings is 2. The summed E-state index contributed by atoms with van der Waals surface area (Å²) in [5.41, 5.74) is 1.62. The molecule has 0 radical (unpaired) electrons. The van der Waals surface area contributed by atoms with Gasteiger partial charge in [-0.2, -0.15) is 4.31 Å². The molecule has 4 rings (SSSR count). The number of carbonyl (C=O) groups excluding carboxylic acids is 1. The van der Waals surface area contributed by atoms with E-state index in [1.165, 1.54) is 47.0 Å². The molecule has 2 aromatic carbocycles. The Morgan fingerprint density at radius 3 is 2.58 bits per heavy atom. The van der Waals surface area contributed by atoms with Crippen molar-refractivity contribution in [2.24, 2.45) is 0 Å². The van der Waals surface area contributed by atoms with Crippen LogP contribution in [0.1, 0.15) is 25.0 Å². The van der Waals surface area contributed by atoms with E-state index < -0.39 is 10.0 Å². The summed E-state index contributed by atoms with van der Waals surface area (Å²) in [6.45, 7) is 0.993. The van der Waals surface area contributed by atoms with E-state index in [1.54, 1.807) is 23.6 Å². The predicted molar refractivity (Wildman–Crippen MR) is 125 cm³/mol. The van der Waals surface area contributed by atoms with Gasteiger partial charge >= 0.3 is 0 Å². The van der Waals surface area contributed by atoms with Gasteiger partial charge in [0.05, 0.1) is 29.8 Å². The molecule has 33 heavy (non-hydrogen) atoms. The summed E-state index contributed by atoms with van der Waals surface area (Å²) in [6.07, 6.45) is 2.71. The van der Waals surface area contributed by atoms with Crippen molar-refractivity contribution in [2.45, 2.75) is 30.6 Å². The molecule has 10 heteroatoms. The van der Waals surface area contributed by atoms with Crippen molar-refractivity contribution in [3.05, 3.63) is 59.4 Å². The number of aromatic nitrogens is 1. The molecule has 0 atom stereocenters. The number of rotatable bonds is 7. The van der Waals surface area contributed by atoms with Crippen LogP contribution in [0.15, 0.2) is 52.7 Å². The van der Waals surface area contributed by atoms with Gasteiger partial charge in [-0.15, -0.1) is 11.3 Å². The number of nitrogens with one attached hydrogen (secondary N) is 1. The lowest BCUT2D eigenvalue weighted by Gasteiger charge is -2.26. The standard InChI is InChI=1S/C23H24FN3O4S2/c1-31-21-10-9-19(33(29,30)27-11-3-2-4-12-27)14-20(21)26-22(28)13-18-15-32-23(25-18)16-5-7-17(24)8-6-16/h5-10,14-15H,2-4,11-13H2,1H3,(H,26,28). The summed E-state index contributed by atoms with van der Waals surface area (Å²) in [6, 6.07) is 10.5. The number of methoxy groups -OCH3 is 1. The molecule has 1 aliphatic rings. The van der Waals surface area contributed by atoms with Crippen molar-refractivity contribution in [2.75, 3.05) is 25.5 Å². The highest BCUT2D eigenvalue weighted by atomic mass is 32.2. The molecule has 1 fully saturated rings. The second-order valence-corrected chi connectivity index (χ2v) is 10.5. The molecule has 0 aliphatic carbocycles. The number of nitrogens with zero attached hydrogens (tertiary/aromatic N) is 2. The van der Waals surface area contributed by atoms with Gasteiger partial charge in [-0.25, -0.2) is 17.8 Å². The molecule has 0 spiro atoms. The number of carbonyl (C=O) groups is 1. The van der Waals surface area contributed by atoms with Crippen LogP contribution < -0.4 is 10.1 Å². The Bertz CT molecular complexity index is 1240. The predicted octanol–water partition coefficient (Wildman–Crippen LogP) is 4.31. The van der Waals surface area contributed by atoms with E-state index >= 15 is 0 Å². The van der Waals surface area contributed by atoms with Crippen LogP contribution in [0, 0.1) is 5.82 Å². The van der Waals surface area contributed by atoms with Gasteiger partial charge in [-0.1, -0.05) is 6.42 Å². The van der Waals surface area contributed by atoms with Gasteiger partial charge in [0.25, 0.3) is 0 Å². The van der Waals surface area contributed by atoms with Crippen LogP contribution in [0.5, 0.6) is 5.75 Å². The highest BCUT2D eigenvalue weighted by Crippen LogP contribution is 2.30. The molecular formula is C23H24FN3O4S2. The zero-order chi connectivity index (χ0) is 23.4. The molecule has 1 amide bonds. The number of amides is 1. The molecule has 7 nitrogen and oxygen atoms in total. The fraction of sp³-hybridized carbons (Fsp3) is 0.304. The fourth-order valence-corrected chi connectivity index (χ4v) is 6.04. The zero-order valence-electron chi connectivity index (χ0n) is 18.1. The Morgan fingerprint density at radius 2 is 1.88 bits per heavy atom. The molecule has 0 saturated carbocycles. The number of halogens is 1. The van der Waals surface area contributed by atoms with Crippen molar-refractivity contribution in [3.8, 4) is 16.3 Å². The van der Waals surface area contributed by atoms with Crippen molar-refractivity contribution in [3.63, 3.8) is 0 Å². The minimum atomic E-state index is -3.65. The first-order valence-electron chi connectivity index (χ1n) is 10.6. The van der Waals surface area contributed by atoms with Crippen molar-refractivity contribution < 1.29 is 22.3 Å².